The van der Waals surface area contributed by atoms with Gasteiger partial charge in [-0.1, -0.05) is 12.8 Å². The zero-order valence-electron chi connectivity index (χ0n) is 18.1. The number of aryl methyl sites for hydroxylation is 1. The Balaban J connectivity index is 1.48. The molecule has 2 amide bonds. The Morgan fingerprint density at radius 2 is 2.07 bits per heavy atom. The van der Waals surface area contributed by atoms with Crippen molar-refractivity contribution in [2.75, 3.05) is 20.7 Å². The van der Waals surface area contributed by atoms with Gasteiger partial charge in [0.15, 0.2) is 0 Å². The molecule has 8 heteroatoms. The molecule has 9 unspecified atom stereocenters. The number of aromatic nitrogens is 2. The number of rotatable bonds is 2. The van der Waals surface area contributed by atoms with Crippen molar-refractivity contribution < 1.29 is 14.3 Å². The van der Waals surface area contributed by atoms with Crippen LogP contribution < -0.4 is 5.32 Å². The summed E-state index contributed by atoms with van der Waals surface area (Å²) in [5, 5.41) is 8.24. The molecule has 0 aromatic carbocycles. The van der Waals surface area contributed by atoms with Crippen molar-refractivity contribution in [1.82, 2.24) is 24.9 Å². The molecule has 9 atom stereocenters. The second-order valence-electron chi connectivity index (χ2n) is 9.92. The minimum Gasteiger partial charge on any atom is -0.381 e. The van der Waals surface area contributed by atoms with Crippen LogP contribution in [0.4, 0.5) is 4.79 Å². The summed E-state index contributed by atoms with van der Waals surface area (Å²) in [4.78, 5) is 17.7. The Morgan fingerprint density at radius 1 is 1.23 bits per heavy atom. The zero-order valence-corrected chi connectivity index (χ0v) is 18.1. The number of nitrogens with zero attached hydrogens (tertiary/aromatic N) is 4. The van der Waals surface area contributed by atoms with Gasteiger partial charge >= 0.3 is 6.03 Å². The highest BCUT2D eigenvalue weighted by atomic mass is 16.5. The summed E-state index contributed by atoms with van der Waals surface area (Å²) in [7, 11) is 5.77. The van der Waals surface area contributed by atoms with E-state index in [0.717, 1.165) is 25.8 Å². The fourth-order valence-electron chi connectivity index (χ4n) is 7.28. The average Bonchev–Trinajstić information content (AvgIpc) is 3.23. The maximum absolute atomic E-state index is 13.4. The second kappa shape index (κ2) is 6.93. The summed E-state index contributed by atoms with van der Waals surface area (Å²) in [5.41, 5.74) is 1.19. The number of fused-ring (bicyclic) bond motifs is 2. The smallest absolute Gasteiger partial charge is 0.320 e. The quantitative estimate of drug-likeness (QED) is 0.789. The van der Waals surface area contributed by atoms with Crippen LogP contribution in [-0.4, -0.2) is 88.8 Å². The second-order valence-corrected chi connectivity index (χ2v) is 9.92. The molecule has 0 radical (unpaired) electrons. The third kappa shape index (κ3) is 2.56. The predicted octanol–water partition coefficient (Wildman–Crippen LogP) is 1.33. The lowest BCUT2D eigenvalue weighted by Gasteiger charge is -2.52. The van der Waals surface area contributed by atoms with Crippen LogP contribution in [0, 0.1) is 5.92 Å². The van der Waals surface area contributed by atoms with Crippen molar-refractivity contribution in [2.45, 2.75) is 80.5 Å². The molecular weight excluding hydrogens is 382 g/mol. The fraction of sp³-hybridized carbons (Fsp3) is 0.818. The highest BCUT2D eigenvalue weighted by molar-refractivity contribution is 5.78. The maximum atomic E-state index is 13.4. The molecular formula is C22H33N5O3. The number of methoxy groups -OCH3 is 1. The number of amides is 2. The molecule has 3 saturated heterocycles. The Kier molecular flexibility index (Phi) is 4.41. The molecule has 2 aliphatic carbocycles. The van der Waals surface area contributed by atoms with Crippen LogP contribution in [0.2, 0.25) is 0 Å². The molecule has 1 aromatic rings. The van der Waals surface area contributed by atoms with Gasteiger partial charge in [-0.05, 0) is 24.8 Å². The highest BCUT2D eigenvalue weighted by Gasteiger charge is 2.63. The summed E-state index contributed by atoms with van der Waals surface area (Å²) in [6.45, 7) is 0.850. The van der Waals surface area contributed by atoms with Crippen molar-refractivity contribution in [3.05, 3.63) is 18.0 Å². The summed E-state index contributed by atoms with van der Waals surface area (Å²) < 4.78 is 14.9. The van der Waals surface area contributed by atoms with Crippen LogP contribution in [0.1, 0.15) is 43.6 Å². The van der Waals surface area contributed by atoms with Gasteiger partial charge in [0.1, 0.15) is 0 Å². The van der Waals surface area contributed by atoms with Crippen LogP contribution in [0.25, 0.3) is 0 Å². The van der Waals surface area contributed by atoms with Crippen molar-refractivity contribution in [1.29, 1.82) is 0 Å². The molecule has 1 N–H and O–H groups in total. The minimum atomic E-state index is 0.0214. The van der Waals surface area contributed by atoms with E-state index in [2.05, 4.69) is 21.5 Å². The van der Waals surface area contributed by atoms with E-state index >= 15 is 0 Å². The van der Waals surface area contributed by atoms with E-state index in [1.165, 1.54) is 18.4 Å². The van der Waals surface area contributed by atoms with Gasteiger partial charge in [-0.25, -0.2) is 4.79 Å². The fourth-order valence-corrected chi connectivity index (χ4v) is 7.28. The lowest BCUT2D eigenvalue weighted by molar-refractivity contribution is -0.126. The van der Waals surface area contributed by atoms with Crippen LogP contribution in [0.3, 0.4) is 0 Å². The zero-order chi connectivity index (χ0) is 20.6. The molecule has 6 rings (SSSR count). The maximum Gasteiger partial charge on any atom is 0.320 e. The van der Waals surface area contributed by atoms with Gasteiger partial charge in [0, 0.05) is 51.8 Å². The number of ether oxygens (including phenoxy) is 2. The van der Waals surface area contributed by atoms with Gasteiger partial charge in [-0.2, -0.15) is 5.10 Å². The molecule has 8 nitrogen and oxygen atoms in total. The molecule has 2 saturated carbocycles. The SMILES string of the molecule is COC1CC2NCC3C4C2C(OC2CCCCC2N4C(=O)N3C)C1c1cnn(C)c1. The average molecular weight is 416 g/mol. The van der Waals surface area contributed by atoms with Gasteiger partial charge in [-0.3, -0.25) is 4.68 Å². The van der Waals surface area contributed by atoms with Gasteiger partial charge in [0.2, 0.25) is 0 Å². The Hall–Kier alpha value is -1.64. The van der Waals surface area contributed by atoms with Crippen molar-refractivity contribution >= 4 is 6.03 Å². The molecule has 5 fully saturated rings. The molecule has 30 heavy (non-hydrogen) atoms. The van der Waals surface area contributed by atoms with E-state index < -0.39 is 0 Å². The standard InChI is InChI=1S/C22H33N5O3/c1-25-11-12(9-24-25)18-17(29-3)8-13-19-20-15(10-23-13)26(2)22(28)27(20)14-6-4-5-7-16(14)30-21(18)19/h9,11,13-21,23H,4-8,10H2,1-3H3. The van der Waals surface area contributed by atoms with E-state index in [0.29, 0.717) is 6.04 Å². The van der Waals surface area contributed by atoms with Gasteiger partial charge < -0.3 is 24.6 Å². The molecule has 4 heterocycles. The number of hydrogen-bond acceptors (Lipinski definition) is 5. The predicted molar refractivity (Wildman–Crippen MR) is 110 cm³/mol. The third-order valence-corrected chi connectivity index (χ3v) is 8.57. The Bertz CT molecular complexity index is 829. The van der Waals surface area contributed by atoms with E-state index in [1.807, 2.05) is 37.0 Å². The lowest BCUT2D eigenvalue weighted by Crippen LogP contribution is -2.67. The largest absolute Gasteiger partial charge is 0.381 e. The number of carbonyl (C=O) groups is 1. The van der Waals surface area contributed by atoms with Crippen molar-refractivity contribution in [2.24, 2.45) is 13.0 Å². The van der Waals surface area contributed by atoms with Crippen LogP contribution >= 0.6 is 0 Å². The summed E-state index contributed by atoms with van der Waals surface area (Å²) >= 11 is 0. The van der Waals surface area contributed by atoms with Crippen LogP contribution in [-0.2, 0) is 16.5 Å². The Morgan fingerprint density at radius 3 is 2.83 bits per heavy atom. The number of likely N-dealkylation sites (N-methyl/N-ethyl adjacent to an activating group) is 1. The van der Waals surface area contributed by atoms with Gasteiger partial charge in [0.25, 0.3) is 0 Å². The van der Waals surface area contributed by atoms with E-state index in [1.54, 1.807) is 0 Å². The molecule has 1 aromatic heterocycles. The first-order chi connectivity index (χ1) is 14.6. The summed E-state index contributed by atoms with van der Waals surface area (Å²) in [6.07, 6.45) is 9.68. The number of piperidine rings is 1. The van der Waals surface area contributed by atoms with Crippen molar-refractivity contribution in [3.63, 3.8) is 0 Å². The van der Waals surface area contributed by atoms with E-state index in [9.17, 15) is 4.79 Å². The third-order valence-electron chi connectivity index (χ3n) is 8.57. The summed E-state index contributed by atoms with van der Waals surface area (Å²) in [5.74, 6) is 0.397. The number of carbonyl (C=O) groups excluding carboxylic acids is 1. The first-order valence-corrected chi connectivity index (χ1v) is 11.5. The van der Waals surface area contributed by atoms with Crippen LogP contribution in [0.15, 0.2) is 12.4 Å². The first kappa shape index (κ1) is 19.1. The topological polar surface area (TPSA) is 71.9 Å². The first-order valence-electron chi connectivity index (χ1n) is 11.5. The minimum absolute atomic E-state index is 0.0214. The molecule has 0 bridgehead atoms. The van der Waals surface area contributed by atoms with Gasteiger partial charge in [-0.15, -0.1) is 0 Å². The number of hydrogen-bond donors (Lipinski definition) is 1. The molecule has 3 aliphatic heterocycles. The lowest BCUT2D eigenvalue weighted by atomic mass is 9.66. The number of nitrogens with one attached hydrogen (secondary N) is 1. The van der Waals surface area contributed by atoms with E-state index in [4.69, 9.17) is 9.47 Å². The van der Waals surface area contributed by atoms with Gasteiger partial charge in [0.05, 0.1) is 42.6 Å². The monoisotopic (exact) mass is 415 g/mol. The van der Waals surface area contributed by atoms with Crippen LogP contribution in [0.5, 0.6) is 0 Å². The Labute approximate surface area is 177 Å². The summed E-state index contributed by atoms with van der Waals surface area (Å²) in [6, 6.07) is 1.11. The molecule has 5 aliphatic rings. The van der Waals surface area contributed by atoms with E-state index in [-0.39, 0.29) is 54.3 Å². The highest BCUT2D eigenvalue weighted by Crippen LogP contribution is 2.50. The molecule has 164 valence electrons. The molecule has 0 spiro atoms. The number of urea groups is 1. The normalized spacial score (nSPS) is 45.2. The van der Waals surface area contributed by atoms with Crippen molar-refractivity contribution in [3.8, 4) is 0 Å².